The second kappa shape index (κ2) is 10.4. The number of anilines is 1. The normalized spacial score (nSPS) is 10.3. The van der Waals surface area contributed by atoms with Crippen LogP contribution in [0.15, 0.2) is 66.7 Å². The standard InChI is InChI=1S/C22H16ClFN2O6/c23-17-13-14(26(29)30)9-10-15(17)21(27)25-19-7-3-1-5-16(19)22(28)32-12-11-31-20-8-4-2-6-18(20)24/h1-10,13H,11-12H2,(H,25,27). The smallest absolute Gasteiger partial charge is 0.340 e. The first-order chi connectivity index (χ1) is 15.4. The van der Waals surface area contributed by atoms with Crippen LogP contribution < -0.4 is 10.1 Å². The molecule has 1 N–H and O–H groups in total. The maximum atomic E-state index is 13.5. The molecule has 0 saturated heterocycles. The highest BCUT2D eigenvalue weighted by Crippen LogP contribution is 2.24. The lowest BCUT2D eigenvalue weighted by atomic mass is 10.1. The minimum atomic E-state index is -0.729. The van der Waals surface area contributed by atoms with Gasteiger partial charge in [-0.05, 0) is 30.3 Å². The number of benzene rings is 3. The molecule has 0 aliphatic carbocycles. The molecule has 8 nitrogen and oxygen atoms in total. The zero-order valence-corrected chi connectivity index (χ0v) is 17.2. The highest BCUT2D eigenvalue weighted by molar-refractivity contribution is 6.34. The molecule has 0 heterocycles. The van der Waals surface area contributed by atoms with Gasteiger partial charge in [0.2, 0.25) is 0 Å². The summed E-state index contributed by atoms with van der Waals surface area (Å²) in [5.41, 5.74) is -0.0245. The molecule has 0 bridgehead atoms. The third-order valence-corrected chi connectivity index (χ3v) is 4.53. The first kappa shape index (κ1) is 22.7. The second-order valence-electron chi connectivity index (χ2n) is 6.34. The number of nitro groups is 1. The Kier molecular flexibility index (Phi) is 7.35. The van der Waals surface area contributed by atoms with Gasteiger partial charge in [0.05, 0.1) is 26.8 Å². The average Bonchev–Trinajstić information content (AvgIpc) is 2.77. The number of nitrogens with zero attached hydrogens (tertiary/aromatic N) is 1. The molecule has 32 heavy (non-hydrogen) atoms. The van der Waals surface area contributed by atoms with E-state index >= 15 is 0 Å². The molecule has 3 aromatic rings. The van der Waals surface area contributed by atoms with Crippen LogP contribution >= 0.6 is 11.6 Å². The van der Waals surface area contributed by atoms with Crippen molar-refractivity contribution in [3.8, 4) is 5.75 Å². The van der Waals surface area contributed by atoms with Crippen LogP contribution in [-0.2, 0) is 4.74 Å². The Balaban J connectivity index is 1.63. The first-order valence-electron chi connectivity index (χ1n) is 9.25. The average molecular weight is 459 g/mol. The number of nitrogens with one attached hydrogen (secondary N) is 1. The number of non-ortho nitro benzene ring substituents is 1. The summed E-state index contributed by atoms with van der Waals surface area (Å²) in [6.45, 7) is -0.219. The number of nitro benzene ring substituents is 1. The summed E-state index contributed by atoms with van der Waals surface area (Å²) in [5.74, 6) is -1.88. The fraction of sp³-hybridized carbons (Fsp3) is 0.0909. The lowest BCUT2D eigenvalue weighted by Crippen LogP contribution is -2.18. The van der Waals surface area contributed by atoms with Crippen molar-refractivity contribution in [1.82, 2.24) is 0 Å². The van der Waals surface area contributed by atoms with Gasteiger partial charge in [-0.3, -0.25) is 14.9 Å². The fourth-order valence-corrected chi connectivity index (χ4v) is 2.95. The van der Waals surface area contributed by atoms with Crippen LogP contribution in [0.3, 0.4) is 0 Å². The topological polar surface area (TPSA) is 108 Å². The van der Waals surface area contributed by atoms with Gasteiger partial charge in [0, 0.05) is 12.1 Å². The maximum Gasteiger partial charge on any atom is 0.340 e. The molecule has 0 radical (unpaired) electrons. The molecule has 1 amide bonds. The molecule has 0 aromatic heterocycles. The molecule has 10 heteroatoms. The molecular formula is C22H16ClFN2O6. The number of hydrogen-bond donors (Lipinski definition) is 1. The fourth-order valence-electron chi connectivity index (χ4n) is 2.69. The van der Waals surface area contributed by atoms with Crippen molar-refractivity contribution in [2.45, 2.75) is 0 Å². The molecule has 164 valence electrons. The van der Waals surface area contributed by atoms with E-state index in [-0.39, 0.29) is 46.5 Å². The predicted molar refractivity (Wildman–Crippen MR) is 115 cm³/mol. The van der Waals surface area contributed by atoms with E-state index in [0.29, 0.717) is 0 Å². The third kappa shape index (κ3) is 5.58. The number of hydrogen-bond acceptors (Lipinski definition) is 6. The molecule has 0 saturated carbocycles. The van der Waals surface area contributed by atoms with E-state index < -0.39 is 22.6 Å². The largest absolute Gasteiger partial charge is 0.487 e. The summed E-state index contributed by atoms with van der Waals surface area (Å²) >= 11 is 5.99. The van der Waals surface area contributed by atoms with Crippen LogP contribution in [0, 0.1) is 15.9 Å². The van der Waals surface area contributed by atoms with E-state index in [1.54, 1.807) is 18.2 Å². The molecule has 3 aromatic carbocycles. The van der Waals surface area contributed by atoms with E-state index in [4.69, 9.17) is 21.1 Å². The number of halogens is 2. The van der Waals surface area contributed by atoms with Crippen molar-refractivity contribution < 1.29 is 28.4 Å². The van der Waals surface area contributed by atoms with E-state index in [1.165, 1.54) is 36.4 Å². The molecule has 0 unspecified atom stereocenters. The second-order valence-corrected chi connectivity index (χ2v) is 6.74. The van der Waals surface area contributed by atoms with Crippen molar-refractivity contribution in [2.75, 3.05) is 18.5 Å². The van der Waals surface area contributed by atoms with Crippen molar-refractivity contribution in [3.63, 3.8) is 0 Å². The summed E-state index contributed by atoms with van der Waals surface area (Å²) < 4.78 is 23.9. The SMILES string of the molecule is O=C(Nc1ccccc1C(=O)OCCOc1ccccc1F)c1ccc([N+](=O)[O-])cc1Cl. The van der Waals surface area contributed by atoms with Crippen molar-refractivity contribution in [3.05, 3.63) is 98.8 Å². The summed E-state index contributed by atoms with van der Waals surface area (Å²) in [5, 5.41) is 13.3. The monoisotopic (exact) mass is 458 g/mol. The van der Waals surface area contributed by atoms with Crippen molar-refractivity contribution in [1.29, 1.82) is 0 Å². The Bertz CT molecular complexity index is 1170. The molecular weight excluding hydrogens is 443 g/mol. The number of rotatable bonds is 8. The maximum absolute atomic E-state index is 13.5. The number of carbonyl (C=O) groups excluding carboxylic acids is 2. The van der Waals surface area contributed by atoms with Crippen LogP contribution in [0.2, 0.25) is 5.02 Å². The van der Waals surface area contributed by atoms with Gasteiger partial charge in [-0.2, -0.15) is 0 Å². The van der Waals surface area contributed by atoms with Crippen LogP contribution in [0.1, 0.15) is 20.7 Å². The third-order valence-electron chi connectivity index (χ3n) is 4.21. The highest BCUT2D eigenvalue weighted by Gasteiger charge is 2.18. The van der Waals surface area contributed by atoms with Crippen molar-refractivity contribution >= 4 is 34.9 Å². The summed E-state index contributed by atoms with van der Waals surface area (Å²) in [4.78, 5) is 35.2. The Hall–Kier alpha value is -3.98. The Labute approximate surface area is 186 Å². The number of ether oxygens (including phenoxy) is 2. The molecule has 0 atom stereocenters. The van der Waals surface area contributed by atoms with Crippen LogP contribution in [0.5, 0.6) is 5.75 Å². The number of esters is 1. The lowest BCUT2D eigenvalue weighted by molar-refractivity contribution is -0.384. The predicted octanol–water partition coefficient (Wildman–Crippen LogP) is 4.88. The Morgan fingerprint density at radius 2 is 1.72 bits per heavy atom. The molecule has 3 rings (SSSR count). The first-order valence-corrected chi connectivity index (χ1v) is 9.63. The van der Waals surface area contributed by atoms with Crippen molar-refractivity contribution in [2.24, 2.45) is 0 Å². The quantitative estimate of drug-likeness (QED) is 0.223. The van der Waals surface area contributed by atoms with E-state index in [9.17, 15) is 24.1 Å². The van der Waals surface area contributed by atoms with Gasteiger partial charge in [-0.25, -0.2) is 9.18 Å². The van der Waals surface area contributed by atoms with Gasteiger partial charge in [-0.15, -0.1) is 0 Å². The molecule has 0 spiro atoms. The summed E-state index contributed by atoms with van der Waals surface area (Å²) in [6, 6.07) is 15.4. The number of amides is 1. The van der Waals surface area contributed by atoms with Gasteiger partial charge >= 0.3 is 5.97 Å². The lowest BCUT2D eigenvalue weighted by Gasteiger charge is -2.12. The Morgan fingerprint density at radius 1 is 1.00 bits per heavy atom. The Morgan fingerprint density at radius 3 is 2.44 bits per heavy atom. The number of para-hydroxylation sites is 2. The van der Waals surface area contributed by atoms with Gasteiger partial charge in [-0.1, -0.05) is 35.9 Å². The van der Waals surface area contributed by atoms with Crippen LogP contribution in [-0.4, -0.2) is 30.0 Å². The van der Waals surface area contributed by atoms with Gasteiger partial charge in [0.1, 0.15) is 13.2 Å². The highest BCUT2D eigenvalue weighted by atomic mass is 35.5. The minimum Gasteiger partial charge on any atom is -0.487 e. The summed E-state index contributed by atoms with van der Waals surface area (Å²) in [7, 11) is 0. The molecule has 0 fully saturated rings. The molecule has 0 aliphatic heterocycles. The van der Waals surface area contributed by atoms with Crippen LogP contribution in [0.25, 0.3) is 0 Å². The minimum absolute atomic E-state index is 0.00118. The zero-order chi connectivity index (χ0) is 23.1. The van der Waals surface area contributed by atoms with E-state index in [0.717, 1.165) is 12.1 Å². The van der Waals surface area contributed by atoms with Gasteiger partial charge in [0.25, 0.3) is 11.6 Å². The molecule has 0 aliphatic rings. The van der Waals surface area contributed by atoms with Crippen LogP contribution in [0.4, 0.5) is 15.8 Å². The van der Waals surface area contributed by atoms with E-state index in [1.807, 2.05) is 0 Å². The summed E-state index contributed by atoms with van der Waals surface area (Å²) in [6.07, 6.45) is 0. The zero-order valence-electron chi connectivity index (χ0n) is 16.4. The van der Waals surface area contributed by atoms with Gasteiger partial charge in [0.15, 0.2) is 11.6 Å². The van der Waals surface area contributed by atoms with E-state index in [2.05, 4.69) is 5.32 Å². The van der Waals surface area contributed by atoms with Gasteiger partial charge < -0.3 is 14.8 Å². The number of carbonyl (C=O) groups is 2.